The molecule has 7 nitrogen and oxygen atoms in total. The highest BCUT2D eigenvalue weighted by atomic mass is 16.6. The van der Waals surface area contributed by atoms with E-state index < -0.39 is 16.5 Å². The van der Waals surface area contributed by atoms with Gasteiger partial charge in [0.05, 0.1) is 17.6 Å². The van der Waals surface area contributed by atoms with E-state index in [4.69, 9.17) is 10.5 Å². The van der Waals surface area contributed by atoms with Gasteiger partial charge in [0.25, 0.3) is 11.6 Å². The van der Waals surface area contributed by atoms with Gasteiger partial charge in [-0.25, -0.2) is 0 Å². The third-order valence-corrected chi connectivity index (χ3v) is 1.94. The van der Waals surface area contributed by atoms with Crippen molar-refractivity contribution in [1.82, 2.24) is 0 Å². The summed E-state index contributed by atoms with van der Waals surface area (Å²) in [5.74, 6) is -0.892. The van der Waals surface area contributed by atoms with E-state index in [1.165, 1.54) is 7.11 Å². The Kier molecular flexibility index (Phi) is 3.19. The predicted octanol–water partition coefficient (Wildman–Crippen LogP) is 0.515. The molecule has 84 valence electrons. The predicted molar refractivity (Wildman–Crippen MR) is 53.6 cm³/mol. The molecule has 1 aromatic rings. The van der Waals surface area contributed by atoms with Crippen molar-refractivity contribution in [3.8, 4) is 5.75 Å². The zero-order valence-electron chi connectivity index (χ0n) is 8.30. The number of rotatable bonds is 4. The van der Waals surface area contributed by atoms with E-state index in [9.17, 15) is 19.7 Å². The second-order valence-electron chi connectivity index (χ2n) is 2.85. The average Bonchev–Trinajstić information content (AvgIpc) is 2.26. The van der Waals surface area contributed by atoms with E-state index in [2.05, 4.69) is 0 Å². The zero-order valence-corrected chi connectivity index (χ0v) is 8.30. The second kappa shape index (κ2) is 4.39. The van der Waals surface area contributed by atoms with Gasteiger partial charge in [-0.3, -0.25) is 19.7 Å². The molecule has 7 heteroatoms. The maximum absolute atomic E-state index is 11.0. The SMILES string of the molecule is COc1cc(C(N)=O)c([N+](=O)[O-])cc1C=O. The molecule has 0 fully saturated rings. The Morgan fingerprint density at radius 1 is 1.56 bits per heavy atom. The van der Waals surface area contributed by atoms with Crippen molar-refractivity contribution in [3.05, 3.63) is 33.4 Å². The second-order valence-corrected chi connectivity index (χ2v) is 2.85. The van der Waals surface area contributed by atoms with Crippen LogP contribution in [0.2, 0.25) is 0 Å². The van der Waals surface area contributed by atoms with Crippen LogP contribution in [0, 0.1) is 10.1 Å². The number of nitro groups is 1. The van der Waals surface area contributed by atoms with E-state index in [1.54, 1.807) is 0 Å². The van der Waals surface area contributed by atoms with Crippen LogP contribution in [0.4, 0.5) is 5.69 Å². The summed E-state index contributed by atoms with van der Waals surface area (Å²) >= 11 is 0. The van der Waals surface area contributed by atoms with Crippen LogP contribution in [0.5, 0.6) is 5.75 Å². The lowest BCUT2D eigenvalue weighted by Gasteiger charge is -2.05. The summed E-state index contributed by atoms with van der Waals surface area (Å²) in [6.07, 6.45) is 0.399. The third kappa shape index (κ3) is 1.97. The molecule has 0 saturated heterocycles. The van der Waals surface area contributed by atoms with Crippen LogP contribution < -0.4 is 10.5 Å². The molecule has 2 N–H and O–H groups in total. The Labute approximate surface area is 90.0 Å². The standard InChI is InChI=1S/C9H8N2O5/c1-16-8-3-6(9(10)13)7(11(14)15)2-5(8)4-12/h2-4H,1H3,(H2,10,13). The lowest BCUT2D eigenvalue weighted by atomic mass is 10.1. The minimum atomic E-state index is -0.956. The van der Waals surface area contributed by atoms with E-state index in [-0.39, 0.29) is 16.9 Å². The summed E-state index contributed by atoms with van der Waals surface area (Å²) in [5, 5.41) is 10.6. The Morgan fingerprint density at radius 3 is 2.56 bits per heavy atom. The highest BCUT2D eigenvalue weighted by Gasteiger charge is 2.21. The molecule has 0 heterocycles. The van der Waals surface area contributed by atoms with Gasteiger partial charge in [-0.05, 0) is 0 Å². The van der Waals surface area contributed by atoms with E-state index >= 15 is 0 Å². The average molecular weight is 224 g/mol. The molecule has 0 radical (unpaired) electrons. The van der Waals surface area contributed by atoms with Gasteiger partial charge in [0.2, 0.25) is 0 Å². The van der Waals surface area contributed by atoms with Crippen molar-refractivity contribution in [2.24, 2.45) is 5.73 Å². The summed E-state index contributed by atoms with van der Waals surface area (Å²) in [6, 6.07) is 2.02. The van der Waals surface area contributed by atoms with Crippen LogP contribution in [0.1, 0.15) is 20.7 Å². The van der Waals surface area contributed by atoms with Crippen LogP contribution in [0.25, 0.3) is 0 Å². The number of nitrogens with zero attached hydrogens (tertiary/aromatic N) is 1. The number of nitro benzene ring substituents is 1. The minimum Gasteiger partial charge on any atom is -0.496 e. The van der Waals surface area contributed by atoms with Gasteiger partial charge in [-0.2, -0.15) is 0 Å². The molecule has 1 rings (SSSR count). The minimum absolute atomic E-state index is 0.0146. The molecule has 0 aliphatic rings. The van der Waals surface area contributed by atoms with Crippen LogP contribution >= 0.6 is 0 Å². The monoisotopic (exact) mass is 224 g/mol. The fourth-order valence-corrected chi connectivity index (χ4v) is 1.20. The number of hydrogen-bond acceptors (Lipinski definition) is 5. The Bertz CT molecular complexity index is 469. The van der Waals surface area contributed by atoms with Gasteiger partial charge in [0.15, 0.2) is 6.29 Å². The van der Waals surface area contributed by atoms with Crippen molar-refractivity contribution in [2.75, 3.05) is 7.11 Å². The summed E-state index contributed by atoms with van der Waals surface area (Å²) < 4.78 is 4.80. The molecule has 0 bridgehead atoms. The highest BCUT2D eigenvalue weighted by Crippen LogP contribution is 2.27. The van der Waals surface area contributed by atoms with E-state index in [0.29, 0.717) is 6.29 Å². The topological polar surface area (TPSA) is 113 Å². The van der Waals surface area contributed by atoms with E-state index in [0.717, 1.165) is 12.1 Å². The molecule has 16 heavy (non-hydrogen) atoms. The first-order chi connectivity index (χ1) is 7.51. The molecular weight excluding hydrogens is 216 g/mol. The lowest BCUT2D eigenvalue weighted by molar-refractivity contribution is -0.385. The number of nitrogens with two attached hydrogens (primary N) is 1. The Balaban J connectivity index is 3.53. The maximum atomic E-state index is 11.0. The molecule has 1 aromatic carbocycles. The van der Waals surface area contributed by atoms with Crippen molar-refractivity contribution in [1.29, 1.82) is 0 Å². The molecular formula is C9H8N2O5. The van der Waals surface area contributed by atoms with E-state index in [1.807, 2.05) is 0 Å². The fourth-order valence-electron chi connectivity index (χ4n) is 1.20. The largest absolute Gasteiger partial charge is 0.496 e. The number of carbonyl (C=O) groups excluding carboxylic acids is 2. The van der Waals surface area contributed by atoms with Gasteiger partial charge in [0.1, 0.15) is 11.3 Å². The van der Waals surface area contributed by atoms with Crippen molar-refractivity contribution >= 4 is 17.9 Å². The Hall–Kier alpha value is -2.44. The molecule has 0 unspecified atom stereocenters. The number of benzene rings is 1. The lowest BCUT2D eigenvalue weighted by Crippen LogP contribution is -2.14. The normalized spacial score (nSPS) is 9.56. The van der Waals surface area contributed by atoms with Crippen LogP contribution in [0.15, 0.2) is 12.1 Å². The first kappa shape index (κ1) is 11.6. The number of ether oxygens (including phenoxy) is 1. The molecule has 0 aliphatic heterocycles. The summed E-state index contributed by atoms with van der Waals surface area (Å²) in [7, 11) is 1.28. The van der Waals surface area contributed by atoms with Gasteiger partial charge in [-0.15, -0.1) is 0 Å². The quantitative estimate of drug-likeness (QED) is 0.455. The maximum Gasteiger partial charge on any atom is 0.283 e. The number of hydrogen-bond donors (Lipinski definition) is 1. The first-order valence-electron chi connectivity index (χ1n) is 4.12. The molecule has 1 amide bonds. The van der Waals surface area contributed by atoms with Crippen LogP contribution in [0.3, 0.4) is 0 Å². The molecule has 0 spiro atoms. The molecule has 0 atom stereocenters. The van der Waals surface area contributed by atoms with Crippen LogP contribution in [-0.4, -0.2) is 24.2 Å². The van der Waals surface area contributed by atoms with Crippen LogP contribution in [-0.2, 0) is 0 Å². The van der Waals surface area contributed by atoms with Gasteiger partial charge >= 0.3 is 0 Å². The third-order valence-electron chi connectivity index (χ3n) is 1.94. The van der Waals surface area contributed by atoms with Crippen molar-refractivity contribution in [3.63, 3.8) is 0 Å². The summed E-state index contributed by atoms with van der Waals surface area (Å²) in [6.45, 7) is 0. The number of carbonyl (C=O) groups is 2. The number of methoxy groups -OCH3 is 1. The van der Waals surface area contributed by atoms with Gasteiger partial charge < -0.3 is 10.5 Å². The van der Waals surface area contributed by atoms with Crippen molar-refractivity contribution in [2.45, 2.75) is 0 Å². The summed E-state index contributed by atoms with van der Waals surface area (Å²) in [5.41, 5.74) is 4.15. The number of amides is 1. The van der Waals surface area contributed by atoms with Crippen molar-refractivity contribution < 1.29 is 19.2 Å². The highest BCUT2D eigenvalue weighted by molar-refractivity contribution is 5.99. The smallest absolute Gasteiger partial charge is 0.283 e. The zero-order chi connectivity index (χ0) is 12.3. The number of primary amides is 1. The first-order valence-corrected chi connectivity index (χ1v) is 4.12. The fraction of sp³-hybridized carbons (Fsp3) is 0.111. The Morgan fingerprint density at radius 2 is 2.19 bits per heavy atom. The molecule has 0 aromatic heterocycles. The van der Waals surface area contributed by atoms with Gasteiger partial charge in [0, 0.05) is 12.1 Å². The summed E-state index contributed by atoms with van der Waals surface area (Å²) in [4.78, 5) is 31.4. The molecule has 0 aliphatic carbocycles. The number of aldehydes is 1. The van der Waals surface area contributed by atoms with Gasteiger partial charge in [-0.1, -0.05) is 0 Å². The molecule has 0 saturated carbocycles.